The molecule has 0 unspecified atom stereocenters. The Labute approximate surface area is 141 Å². The fourth-order valence-corrected chi connectivity index (χ4v) is 3.42. The summed E-state index contributed by atoms with van der Waals surface area (Å²) >= 11 is 13.3. The van der Waals surface area contributed by atoms with Crippen molar-refractivity contribution in [3.8, 4) is 0 Å². The normalized spacial score (nSPS) is 10.9. The Kier molecular flexibility index (Phi) is 4.08. The van der Waals surface area contributed by atoms with Crippen LogP contribution >= 0.6 is 34.5 Å². The van der Waals surface area contributed by atoms with Gasteiger partial charge in [-0.05, 0) is 43.2 Å². The molecule has 0 saturated carbocycles. The predicted molar refractivity (Wildman–Crippen MR) is 93.5 cm³/mol. The maximum Gasteiger partial charge on any atom is 0.257 e. The number of amides is 1. The zero-order valence-electron chi connectivity index (χ0n) is 11.9. The van der Waals surface area contributed by atoms with Gasteiger partial charge in [0.15, 0.2) is 5.13 Å². The van der Waals surface area contributed by atoms with Gasteiger partial charge in [0.25, 0.3) is 5.91 Å². The molecule has 22 heavy (non-hydrogen) atoms. The monoisotopic (exact) mass is 350 g/mol. The van der Waals surface area contributed by atoms with E-state index in [4.69, 9.17) is 23.2 Å². The van der Waals surface area contributed by atoms with Crippen molar-refractivity contribution >= 4 is 55.8 Å². The van der Waals surface area contributed by atoms with Crippen LogP contribution in [0.3, 0.4) is 0 Å². The number of carbonyl (C=O) groups excluding carboxylic acids is 1. The van der Waals surface area contributed by atoms with Crippen LogP contribution in [-0.2, 0) is 0 Å². The molecule has 0 atom stereocenters. The molecule has 0 aliphatic rings. The summed E-state index contributed by atoms with van der Waals surface area (Å²) in [7, 11) is 0. The number of rotatable bonds is 2. The number of aromatic nitrogens is 1. The van der Waals surface area contributed by atoms with Crippen molar-refractivity contribution in [3.05, 3.63) is 57.1 Å². The topological polar surface area (TPSA) is 42.0 Å². The van der Waals surface area contributed by atoms with Crippen LogP contribution in [0.5, 0.6) is 0 Å². The van der Waals surface area contributed by atoms with Crippen molar-refractivity contribution in [2.75, 3.05) is 5.32 Å². The van der Waals surface area contributed by atoms with E-state index in [1.165, 1.54) is 11.3 Å². The fraction of sp³-hybridized carbons (Fsp3) is 0.125. The SMILES string of the molecule is Cc1ccc(C)c2sc(NC(=O)c3ccc(Cl)c(Cl)c3)nc12. The number of aryl methyl sites for hydroxylation is 2. The van der Waals surface area contributed by atoms with E-state index in [2.05, 4.69) is 16.4 Å². The number of nitrogens with one attached hydrogen (secondary N) is 1. The average molecular weight is 351 g/mol. The first-order chi connectivity index (χ1) is 10.5. The van der Waals surface area contributed by atoms with Crippen LogP contribution in [0.25, 0.3) is 10.2 Å². The standard InChI is InChI=1S/C16H12Cl2N2OS/c1-8-3-4-9(2)14-13(8)19-16(22-14)20-15(21)10-5-6-11(17)12(18)7-10/h3-7H,1-2H3,(H,19,20,21). The fourth-order valence-electron chi connectivity index (χ4n) is 2.12. The molecule has 0 radical (unpaired) electrons. The van der Waals surface area contributed by atoms with E-state index in [-0.39, 0.29) is 5.91 Å². The molecule has 0 saturated heterocycles. The average Bonchev–Trinajstić information content (AvgIpc) is 2.91. The van der Waals surface area contributed by atoms with Crippen molar-refractivity contribution in [1.82, 2.24) is 4.98 Å². The summed E-state index contributed by atoms with van der Waals surface area (Å²) in [5, 5.41) is 4.16. The summed E-state index contributed by atoms with van der Waals surface area (Å²) < 4.78 is 1.09. The summed E-state index contributed by atoms with van der Waals surface area (Å²) in [6, 6.07) is 8.87. The number of benzene rings is 2. The van der Waals surface area contributed by atoms with E-state index in [0.29, 0.717) is 20.7 Å². The van der Waals surface area contributed by atoms with Gasteiger partial charge in [0, 0.05) is 5.56 Å². The van der Waals surface area contributed by atoms with Crippen molar-refractivity contribution in [3.63, 3.8) is 0 Å². The first-order valence-electron chi connectivity index (χ1n) is 6.59. The van der Waals surface area contributed by atoms with Crippen molar-refractivity contribution in [2.24, 2.45) is 0 Å². The van der Waals surface area contributed by atoms with Crippen LogP contribution in [0.4, 0.5) is 5.13 Å². The van der Waals surface area contributed by atoms with Crippen LogP contribution in [-0.4, -0.2) is 10.9 Å². The molecule has 0 aliphatic carbocycles. The zero-order valence-corrected chi connectivity index (χ0v) is 14.2. The van der Waals surface area contributed by atoms with Gasteiger partial charge in [-0.3, -0.25) is 10.1 Å². The van der Waals surface area contributed by atoms with Crippen LogP contribution in [0.2, 0.25) is 10.0 Å². The molecule has 6 heteroatoms. The molecule has 112 valence electrons. The van der Waals surface area contributed by atoms with Gasteiger partial charge >= 0.3 is 0 Å². The van der Waals surface area contributed by atoms with Gasteiger partial charge < -0.3 is 0 Å². The maximum atomic E-state index is 12.3. The largest absolute Gasteiger partial charge is 0.298 e. The summed E-state index contributed by atoms with van der Waals surface area (Å²) in [5.74, 6) is -0.257. The third kappa shape index (κ3) is 2.82. The van der Waals surface area contributed by atoms with Gasteiger partial charge in [-0.1, -0.05) is 46.7 Å². The zero-order chi connectivity index (χ0) is 15.9. The highest BCUT2D eigenvalue weighted by atomic mass is 35.5. The lowest BCUT2D eigenvalue weighted by Gasteiger charge is -2.03. The van der Waals surface area contributed by atoms with E-state index in [0.717, 1.165) is 21.3 Å². The van der Waals surface area contributed by atoms with Crippen LogP contribution < -0.4 is 5.32 Å². The highest BCUT2D eigenvalue weighted by Crippen LogP contribution is 2.31. The third-order valence-electron chi connectivity index (χ3n) is 3.34. The van der Waals surface area contributed by atoms with Gasteiger partial charge in [0.05, 0.1) is 20.3 Å². The minimum Gasteiger partial charge on any atom is -0.298 e. The number of hydrogen-bond donors (Lipinski definition) is 1. The minimum absolute atomic E-state index is 0.257. The maximum absolute atomic E-state index is 12.3. The minimum atomic E-state index is -0.257. The number of fused-ring (bicyclic) bond motifs is 1. The van der Waals surface area contributed by atoms with Gasteiger partial charge in [0.2, 0.25) is 0 Å². The lowest BCUT2D eigenvalue weighted by Crippen LogP contribution is -2.11. The summed E-state index contributed by atoms with van der Waals surface area (Å²) in [4.78, 5) is 16.8. The van der Waals surface area contributed by atoms with Gasteiger partial charge in [0.1, 0.15) is 0 Å². The van der Waals surface area contributed by atoms with Gasteiger partial charge in [-0.15, -0.1) is 0 Å². The number of carbonyl (C=O) groups is 1. The van der Waals surface area contributed by atoms with E-state index in [9.17, 15) is 4.79 Å². The molecule has 3 aromatic rings. The van der Waals surface area contributed by atoms with E-state index in [1.54, 1.807) is 18.2 Å². The molecule has 2 aromatic carbocycles. The summed E-state index contributed by atoms with van der Waals surface area (Å²) in [5.41, 5.74) is 3.61. The number of anilines is 1. The van der Waals surface area contributed by atoms with E-state index >= 15 is 0 Å². The molecule has 1 amide bonds. The first kappa shape index (κ1) is 15.3. The van der Waals surface area contributed by atoms with E-state index in [1.807, 2.05) is 19.9 Å². The molecule has 0 spiro atoms. The quantitative estimate of drug-likeness (QED) is 0.665. The molecule has 1 heterocycles. The predicted octanol–water partition coefficient (Wildman–Crippen LogP) is 5.47. The number of thiazole rings is 1. The summed E-state index contributed by atoms with van der Waals surface area (Å²) in [6.07, 6.45) is 0. The summed E-state index contributed by atoms with van der Waals surface area (Å²) in [6.45, 7) is 4.04. The van der Waals surface area contributed by atoms with Crippen molar-refractivity contribution in [1.29, 1.82) is 0 Å². The molecule has 3 nitrogen and oxygen atoms in total. The molecule has 3 rings (SSSR count). The number of nitrogens with zero attached hydrogens (tertiary/aromatic N) is 1. The number of halogens is 2. The Morgan fingerprint density at radius 2 is 1.82 bits per heavy atom. The second kappa shape index (κ2) is 5.88. The Bertz CT molecular complexity index is 850. The third-order valence-corrected chi connectivity index (χ3v) is 5.19. The lowest BCUT2D eigenvalue weighted by molar-refractivity contribution is 0.102. The molecule has 0 aliphatic heterocycles. The smallest absolute Gasteiger partial charge is 0.257 e. The van der Waals surface area contributed by atoms with Crippen LogP contribution in [0.1, 0.15) is 21.5 Å². The second-order valence-corrected chi connectivity index (χ2v) is 6.79. The highest BCUT2D eigenvalue weighted by Gasteiger charge is 2.13. The highest BCUT2D eigenvalue weighted by molar-refractivity contribution is 7.22. The second-order valence-electron chi connectivity index (χ2n) is 4.98. The molecular weight excluding hydrogens is 339 g/mol. The Hall–Kier alpha value is -1.62. The molecule has 1 aromatic heterocycles. The molecule has 0 fully saturated rings. The molecular formula is C16H12Cl2N2OS. The van der Waals surface area contributed by atoms with Gasteiger partial charge in [-0.2, -0.15) is 0 Å². The van der Waals surface area contributed by atoms with Crippen LogP contribution in [0, 0.1) is 13.8 Å². The first-order valence-corrected chi connectivity index (χ1v) is 8.16. The van der Waals surface area contributed by atoms with E-state index < -0.39 is 0 Å². The Morgan fingerprint density at radius 1 is 1.09 bits per heavy atom. The van der Waals surface area contributed by atoms with Crippen molar-refractivity contribution in [2.45, 2.75) is 13.8 Å². The van der Waals surface area contributed by atoms with Gasteiger partial charge in [-0.25, -0.2) is 4.98 Å². The molecule has 1 N–H and O–H groups in total. The Balaban J connectivity index is 1.92. The molecule has 0 bridgehead atoms. The van der Waals surface area contributed by atoms with Crippen molar-refractivity contribution < 1.29 is 4.79 Å². The number of hydrogen-bond acceptors (Lipinski definition) is 3. The Morgan fingerprint density at radius 3 is 2.50 bits per heavy atom. The lowest BCUT2D eigenvalue weighted by atomic mass is 10.1. The van der Waals surface area contributed by atoms with Crippen LogP contribution in [0.15, 0.2) is 30.3 Å².